The molecule has 0 aromatic carbocycles. The van der Waals surface area contributed by atoms with Crippen LogP contribution in [0, 0.1) is 6.92 Å². The molecule has 0 saturated carbocycles. The van der Waals surface area contributed by atoms with Gasteiger partial charge in [0.1, 0.15) is 0 Å². The molecule has 1 saturated heterocycles. The zero-order valence-corrected chi connectivity index (χ0v) is 11.6. The van der Waals surface area contributed by atoms with Crippen molar-refractivity contribution in [2.75, 3.05) is 11.4 Å². The first kappa shape index (κ1) is 13.1. The van der Waals surface area contributed by atoms with E-state index in [1.54, 1.807) is 4.90 Å². The number of aromatic nitrogens is 2. The molecule has 1 aliphatic rings. The van der Waals surface area contributed by atoms with Gasteiger partial charge in [-0.2, -0.15) is 5.10 Å². The van der Waals surface area contributed by atoms with Gasteiger partial charge in [0.05, 0.1) is 6.04 Å². The Morgan fingerprint density at radius 3 is 2.78 bits per heavy atom. The molecule has 1 unspecified atom stereocenters. The summed E-state index contributed by atoms with van der Waals surface area (Å²) >= 11 is 0. The lowest BCUT2D eigenvalue weighted by Crippen LogP contribution is -2.52. The highest BCUT2D eigenvalue weighted by molar-refractivity contribution is 5.97. The maximum absolute atomic E-state index is 12.4. The van der Waals surface area contributed by atoms with Crippen molar-refractivity contribution in [1.82, 2.24) is 15.1 Å². The van der Waals surface area contributed by atoms with E-state index >= 15 is 0 Å². The van der Waals surface area contributed by atoms with Crippen molar-refractivity contribution in [3.63, 3.8) is 0 Å². The van der Waals surface area contributed by atoms with Gasteiger partial charge in [-0.05, 0) is 19.8 Å². The Hall–Kier alpha value is -1.36. The Bertz CT molecular complexity index is 419. The van der Waals surface area contributed by atoms with Gasteiger partial charge in [0.15, 0.2) is 5.82 Å². The van der Waals surface area contributed by atoms with Crippen molar-refractivity contribution in [2.45, 2.75) is 45.7 Å². The molecule has 0 bridgehead atoms. The Balaban J connectivity index is 2.15. The van der Waals surface area contributed by atoms with E-state index < -0.39 is 0 Å². The number of nitrogens with zero attached hydrogens (tertiary/aromatic N) is 3. The number of aryl methyl sites for hydroxylation is 2. The van der Waals surface area contributed by atoms with Gasteiger partial charge in [0.25, 0.3) is 0 Å². The maximum atomic E-state index is 12.4. The summed E-state index contributed by atoms with van der Waals surface area (Å²) in [5, 5.41) is 7.72. The molecule has 0 radical (unpaired) electrons. The maximum Gasteiger partial charge on any atom is 0.245 e. The first-order valence-electron chi connectivity index (χ1n) is 6.57. The molecule has 18 heavy (non-hydrogen) atoms. The van der Waals surface area contributed by atoms with Crippen LogP contribution < -0.4 is 10.2 Å². The van der Waals surface area contributed by atoms with Gasteiger partial charge in [0, 0.05) is 31.4 Å². The summed E-state index contributed by atoms with van der Waals surface area (Å²) in [5.41, 5.74) is 1.07. The molecular weight excluding hydrogens is 228 g/mol. The monoisotopic (exact) mass is 250 g/mol. The van der Waals surface area contributed by atoms with Crippen molar-refractivity contribution in [3.8, 4) is 0 Å². The van der Waals surface area contributed by atoms with E-state index in [1.165, 1.54) is 0 Å². The fourth-order valence-corrected chi connectivity index (χ4v) is 2.33. The quantitative estimate of drug-likeness (QED) is 0.877. The van der Waals surface area contributed by atoms with Gasteiger partial charge in [0.2, 0.25) is 5.91 Å². The normalized spacial score (nSPS) is 20.8. The Labute approximate surface area is 108 Å². The van der Waals surface area contributed by atoms with Gasteiger partial charge in [-0.25, -0.2) is 0 Å². The van der Waals surface area contributed by atoms with E-state index in [9.17, 15) is 4.79 Å². The number of hydrogen-bond acceptors (Lipinski definition) is 3. The van der Waals surface area contributed by atoms with Crippen LogP contribution in [0.2, 0.25) is 0 Å². The molecule has 2 rings (SSSR count). The second kappa shape index (κ2) is 5.10. The third-order valence-corrected chi connectivity index (χ3v) is 3.35. The SMILES string of the molecule is Cc1cc(N2CCCC(NC(C)C)C2=O)nn1C. The lowest BCUT2D eigenvalue weighted by Gasteiger charge is -2.32. The molecular formula is C13H22N4O. The van der Waals surface area contributed by atoms with Crippen molar-refractivity contribution >= 4 is 11.7 Å². The average molecular weight is 250 g/mol. The predicted octanol–water partition coefficient (Wildman–Crippen LogP) is 1.22. The molecule has 1 fully saturated rings. The second-order valence-electron chi connectivity index (χ2n) is 5.27. The lowest BCUT2D eigenvalue weighted by atomic mass is 10.0. The molecule has 1 aromatic rings. The highest BCUT2D eigenvalue weighted by atomic mass is 16.2. The highest BCUT2D eigenvalue weighted by Crippen LogP contribution is 2.20. The number of carbonyl (C=O) groups excluding carboxylic acids is 1. The van der Waals surface area contributed by atoms with Gasteiger partial charge < -0.3 is 5.32 Å². The van der Waals surface area contributed by atoms with Crippen molar-refractivity contribution in [1.29, 1.82) is 0 Å². The van der Waals surface area contributed by atoms with Crippen LogP contribution in [0.5, 0.6) is 0 Å². The van der Waals surface area contributed by atoms with Crippen molar-refractivity contribution in [2.24, 2.45) is 7.05 Å². The van der Waals surface area contributed by atoms with Gasteiger partial charge >= 0.3 is 0 Å². The second-order valence-corrected chi connectivity index (χ2v) is 5.27. The zero-order chi connectivity index (χ0) is 13.3. The van der Waals surface area contributed by atoms with E-state index in [0.29, 0.717) is 6.04 Å². The summed E-state index contributed by atoms with van der Waals surface area (Å²) in [6, 6.07) is 2.22. The Morgan fingerprint density at radius 2 is 2.22 bits per heavy atom. The van der Waals surface area contributed by atoms with Crippen molar-refractivity contribution in [3.05, 3.63) is 11.8 Å². The van der Waals surface area contributed by atoms with Crippen LogP contribution in [0.15, 0.2) is 6.07 Å². The number of nitrogens with one attached hydrogen (secondary N) is 1. The topological polar surface area (TPSA) is 50.2 Å². The zero-order valence-electron chi connectivity index (χ0n) is 11.6. The van der Waals surface area contributed by atoms with Crippen LogP contribution in [-0.2, 0) is 11.8 Å². The van der Waals surface area contributed by atoms with Crippen LogP contribution >= 0.6 is 0 Å². The summed E-state index contributed by atoms with van der Waals surface area (Å²) in [7, 11) is 1.90. The smallest absolute Gasteiger partial charge is 0.245 e. The van der Waals surface area contributed by atoms with Crippen LogP contribution in [0.4, 0.5) is 5.82 Å². The Kier molecular flexibility index (Phi) is 3.71. The van der Waals surface area contributed by atoms with E-state index in [4.69, 9.17) is 0 Å². The molecule has 1 N–H and O–H groups in total. The first-order chi connectivity index (χ1) is 8.49. The molecule has 1 aromatic heterocycles. The summed E-state index contributed by atoms with van der Waals surface area (Å²) < 4.78 is 1.81. The first-order valence-corrected chi connectivity index (χ1v) is 6.57. The number of hydrogen-bond donors (Lipinski definition) is 1. The third-order valence-electron chi connectivity index (χ3n) is 3.35. The van der Waals surface area contributed by atoms with Crippen LogP contribution in [0.1, 0.15) is 32.4 Å². The van der Waals surface area contributed by atoms with Gasteiger partial charge in [-0.15, -0.1) is 0 Å². The molecule has 2 heterocycles. The average Bonchev–Trinajstić information content (AvgIpc) is 2.61. The summed E-state index contributed by atoms with van der Waals surface area (Å²) in [5.74, 6) is 0.920. The van der Waals surface area contributed by atoms with E-state index in [1.807, 2.05) is 24.7 Å². The van der Waals surface area contributed by atoms with Gasteiger partial charge in [-0.1, -0.05) is 13.8 Å². The summed E-state index contributed by atoms with van der Waals surface area (Å²) in [6.07, 6.45) is 1.94. The molecule has 100 valence electrons. The van der Waals surface area contributed by atoms with E-state index in [2.05, 4.69) is 24.3 Å². The standard InChI is InChI=1S/C13H22N4O/c1-9(2)14-11-6-5-7-17(13(11)18)12-8-10(3)16(4)15-12/h8-9,11,14H,5-7H2,1-4H3. The summed E-state index contributed by atoms with van der Waals surface area (Å²) in [4.78, 5) is 14.2. The minimum Gasteiger partial charge on any atom is -0.304 e. The lowest BCUT2D eigenvalue weighted by molar-refractivity contribution is -0.122. The van der Waals surface area contributed by atoms with E-state index in [0.717, 1.165) is 30.9 Å². The van der Waals surface area contributed by atoms with Crippen LogP contribution in [-0.4, -0.2) is 34.3 Å². The molecule has 1 aliphatic heterocycles. The minimum absolute atomic E-state index is 0.0685. The Morgan fingerprint density at radius 1 is 1.50 bits per heavy atom. The number of amides is 1. The van der Waals surface area contributed by atoms with Gasteiger partial charge in [-0.3, -0.25) is 14.4 Å². The fourth-order valence-electron chi connectivity index (χ4n) is 2.33. The molecule has 0 aliphatic carbocycles. The van der Waals surface area contributed by atoms with Crippen LogP contribution in [0.3, 0.4) is 0 Å². The van der Waals surface area contributed by atoms with E-state index in [-0.39, 0.29) is 11.9 Å². The molecule has 1 atom stereocenters. The molecule has 1 amide bonds. The number of carbonyl (C=O) groups is 1. The summed E-state index contributed by atoms with van der Waals surface area (Å²) in [6.45, 7) is 6.90. The molecule has 5 nitrogen and oxygen atoms in total. The predicted molar refractivity (Wildman–Crippen MR) is 71.6 cm³/mol. The third kappa shape index (κ3) is 2.56. The number of rotatable bonds is 3. The largest absolute Gasteiger partial charge is 0.304 e. The number of anilines is 1. The molecule has 5 heteroatoms. The minimum atomic E-state index is -0.0685. The molecule has 0 spiro atoms. The number of piperidine rings is 1. The van der Waals surface area contributed by atoms with Crippen molar-refractivity contribution < 1.29 is 4.79 Å². The van der Waals surface area contributed by atoms with Crippen LogP contribution in [0.25, 0.3) is 0 Å². The highest BCUT2D eigenvalue weighted by Gasteiger charge is 2.31. The fraction of sp³-hybridized carbons (Fsp3) is 0.692.